The minimum Gasteiger partial charge on any atom is -0.341 e. The van der Waals surface area contributed by atoms with Crippen molar-refractivity contribution in [3.8, 4) is 0 Å². The number of carbonyl (C=O) groups is 1. The van der Waals surface area contributed by atoms with Gasteiger partial charge in [-0.05, 0) is 44.0 Å². The molecule has 1 aromatic rings. The molecular formula is C15H21Cl3N2O. The molecule has 1 atom stereocenters. The summed E-state index contributed by atoms with van der Waals surface area (Å²) in [6.45, 7) is 4.33. The first kappa shape index (κ1) is 18.6. The third kappa shape index (κ3) is 4.49. The van der Waals surface area contributed by atoms with Crippen molar-refractivity contribution in [3.63, 3.8) is 0 Å². The zero-order valence-corrected chi connectivity index (χ0v) is 14.6. The maximum Gasteiger partial charge on any atom is 0.229 e. The van der Waals surface area contributed by atoms with Gasteiger partial charge in [0.15, 0.2) is 0 Å². The van der Waals surface area contributed by atoms with E-state index >= 15 is 0 Å². The zero-order chi connectivity index (χ0) is 14.8. The van der Waals surface area contributed by atoms with Crippen LogP contribution >= 0.6 is 35.6 Å². The molecule has 6 heteroatoms. The van der Waals surface area contributed by atoms with E-state index in [1.807, 2.05) is 26.1 Å². The van der Waals surface area contributed by atoms with Crippen LogP contribution in [0.5, 0.6) is 0 Å². The van der Waals surface area contributed by atoms with Crippen LogP contribution in [0.25, 0.3) is 0 Å². The number of halogens is 3. The van der Waals surface area contributed by atoms with Gasteiger partial charge in [0.1, 0.15) is 0 Å². The van der Waals surface area contributed by atoms with Crippen molar-refractivity contribution < 1.29 is 4.79 Å². The third-order valence-corrected chi connectivity index (χ3v) is 4.60. The fraction of sp³-hybridized carbons (Fsp3) is 0.533. The Morgan fingerprint density at radius 1 is 1.38 bits per heavy atom. The van der Waals surface area contributed by atoms with Crippen LogP contribution in [-0.2, 0) is 11.3 Å². The summed E-state index contributed by atoms with van der Waals surface area (Å²) >= 11 is 11.9. The van der Waals surface area contributed by atoms with Crippen molar-refractivity contribution in [1.29, 1.82) is 0 Å². The second-order valence-corrected chi connectivity index (χ2v) is 6.57. The molecule has 118 valence electrons. The van der Waals surface area contributed by atoms with Crippen molar-refractivity contribution >= 4 is 41.5 Å². The summed E-state index contributed by atoms with van der Waals surface area (Å²) in [5, 5.41) is 4.36. The highest BCUT2D eigenvalue weighted by Crippen LogP contribution is 2.29. The highest BCUT2D eigenvalue weighted by molar-refractivity contribution is 6.42. The van der Waals surface area contributed by atoms with Gasteiger partial charge >= 0.3 is 0 Å². The number of piperidine rings is 1. The number of hydrogen-bond acceptors (Lipinski definition) is 2. The van der Waals surface area contributed by atoms with Crippen molar-refractivity contribution in [2.24, 2.45) is 5.41 Å². The summed E-state index contributed by atoms with van der Waals surface area (Å²) in [4.78, 5) is 14.4. The second-order valence-electron chi connectivity index (χ2n) is 5.75. The lowest BCUT2D eigenvalue weighted by atomic mass is 9.81. The first-order valence-corrected chi connectivity index (χ1v) is 7.58. The van der Waals surface area contributed by atoms with E-state index in [-0.39, 0.29) is 23.7 Å². The van der Waals surface area contributed by atoms with Crippen molar-refractivity contribution in [3.05, 3.63) is 33.8 Å². The Balaban J connectivity index is 0.00000220. The van der Waals surface area contributed by atoms with Crippen LogP contribution < -0.4 is 5.32 Å². The van der Waals surface area contributed by atoms with Gasteiger partial charge in [-0.25, -0.2) is 0 Å². The molecule has 1 heterocycles. The monoisotopic (exact) mass is 350 g/mol. The first-order chi connectivity index (χ1) is 9.42. The minimum atomic E-state index is -0.302. The Bertz CT molecular complexity index is 502. The molecule has 1 saturated heterocycles. The first-order valence-electron chi connectivity index (χ1n) is 6.82. The Morgan fingerprint density at radius 2 is 2.10 bits per heavy atom. The largest absolute Gasteiger partial charge is 0.341 e. The smallest absolute Gasteiger partial charge is 0.229 e. The summed E-state index contributed by atoms with van der Waals surface area (Å²) in [6, 6.07) is 5.48. The van der Waals surface area contributed by atoms with E-state index in [1.54, 1.807) is 11.0 Å². The molecule has 1 amide bonds. The molecule has 0 radical (unpaired) electrons. The number of rotatable bonds is 3. The number of carbonyl (C=O) groups excluding carboxylic acids is 1. The predicted molar refractivity (Wildman–Crippen MR) is 90.4 cm³/mol. The highest BCUT2D eigenvalue weighted by Gasteiger charge is 2.36. The van der Waals surface area contributed by atoms with Crippen molar-refractivity contribution in [1.82, 2.24) is 10.2 Å². The molecule has 0 spiro atoms. The van der Waals surface area contributed by atoms with Gasteiger partial charge in [0, 0.05) is 20.1 Å². The van der Waals surface area contributed by atoms with Crippen LogP contribution in [0, 0.1) is 5.41 Å². The van der Waals surface area contributed by atoms with Gasteiger partial charge in [-0.15, -0.1) is 12.4 Å². The lowest BCUT2D eigenvalue weighted by Gasteiger charge is -2.36. The molecule has 3 nitrogen and oxygen atoms in total. The molecule has 1 N–H and O–H groups in total. The van der Waals surface area contributed by atoms with Gasteiger partial charge in [-0.2, -0.15) is 0 Å². The Morgan fingerprint density at radius 3 is 2.67 bits per heavy atom. The zero-order valence-electron chi connectivity index (χ0n) is 12.3. The lowest BCUT2D eigenvalue weighted by molar-refractivity contribution is -0.141. The fourth-order valence-corrected chi connectivity index (χ4v) is 3.00. The molecular weight excluding hydrogens is 331 g/mol. The van der Waals surface area contributed by atoms with Gasteiger partial charge in [0.25, 0.3) is 0 Å². The Labute approximate surface area is 142 Å². The number of nitrogens with one attached hydrogen (secondary N) is 1. The van der Waals surface area contributed by atoms with Crippen molar-refractivity contribution in [2.75, 3.05) is 20.1 Å². The topological polar surface area (TPSA) is 32.3 Å². The maximum atomic E-state index is 12.6. The van der Waals surface area contributed by atoms with E-state index in [9.17, 15) is 4.79 Å². The van der Waals surface area contributed by atoms with Crippen LogP contribution in [0.4, 0.5) is 0 Å². The Kier molecular flexibility index (Phi) is 6.79. The molecule has 1 aromatic carbocycles. The average Bonchev–Trinajstić information content (AvgIpc) is 2.43. The third-order valence-electron chi connectivity index (χ3n) is 3.86. The average molecular weight is 352 g/mol. The molecule has 1 fully saturated rings. The van der Waals surface area contributed by atoms with Gasteiger partial charge in [0.05, 0.1) is 15.5 Å². The number of amides is 1. The molecule has 21 heavy (non-hydrogen) atoms. The van der Waals surface area contributed by atoms with E-state index in [1.165, 1.54) is 0 Å². The van der Waals surface area contributed by atoms with Crippen LogP contribution in [0.15, 0.2) is 18.2 Å². The maximum absolute atomic E-state index is 12.6. The number of nitrogens with zero attached hydrogens (tertiary/aromatic N) is 1. The normalized spacial score (nSPS) is 21.5. The van der Waals surface area contributed by atoms with E-state index in [0.29, 0.717) is 16.6 Å². The number of hydrogen-bond donors (Lipinski definition) is 1. The quantitative estimate of drug-likeness (QED) is 0.899. The molecule has 1 aliphatic heterocycles. The van der Waals surface area contributed by atoms with Crippen LogP contribution in [0.2, 0.25) is 10.0 Å². The van der Waals surface area contributed by atoms with Gasteiger partial charge < -0.3 is 10.2 Å². The number of benzene rings is 1. The summed E-state index contributed by atoms with van der Waals surface area (Å²) < 4.78 is 0. The summed E-state index contributed by atoms with van der Waals surface area (Å²) in [5.41, 5.74) is 0.686. The standard InChI is InChI=1S/C15H20Cl2N2O.ClH/c1-15(6-3-7-18-10-15)14(20)19(2)9-11-4-5-12(16)13(17)8-11;/h4-5,8,18H,3,6-7,9-10H2,1-2H3;1H. The van der Waals surface area contributed by atoms with Crippen LogP contribution in [0.1, 0.15) is 25.3 Å². The van der Waals surface area contributed by atoms with E-state index in [4.69, 9.17) is 23.2 Å². The minimum absolute atomic E-state index is 0. The van der Waals surface area contributed by atoms with Gasteiger partial charge in [-0.3, -0.25) is 4.79 Å². The molecule has 0 aliphatic carbocycles. The lowest BCUT2D eigenvalue weighted by Crippen LogP contribution is -2.48. The molecule has 1 aliphatic rings. The van der Waals surface area contributed by atoms with E-state index in [2.05, 4.69) is 5.32 Å². The highest BCUT2D eigenvalue weighted by atomic mass is 35.5. The van der Waals surface area contributed by atoms with E-state index < -0.39 is 0 Å². The molecule has 1 unspecified atom stereocenters. The van der Waals surface area contributed by atoms with Crippen molar-refractivity contribution in [2.45, 2.75) is 26.3 Å². The second kappa shape index (κ2) is 7.68. The fourth-order valence-electron chi connectivity index (χ4n) is 2.68. The van der Waals surface area contributed by atoms with Crippen LogP contribution in [-0.4, -0.2) is 30.9 Å². The molecule has 0 bridgehead atoms. The van der Waals surface area contributed by atoms with Crippen LogP contribution in [0.3, 0.4) is 0 Å². The molecule has 0 aromatic heterocycles. The summed E-state index contributed by atoms with van der Waals surface area (Å²) in [5.74, 6) is 0.177. The Hall–Kier alpha value is -0.480. The SMILES string of the molecule is CN(Cc1ccc(Cl)c(Cl)c1)C(=O)C1(C)CCCNC1.Cl. The van der Waals surface area contributed by atoms with E-state index in [0.717, 1.165) is 31.5 Å². The van der Waals surface area contributed by atoms with Gasteiger partial charge in [-0.1, -0.05) is 29.3 Å². The molecule has 2 rings (SSSR count). The molecule has 0 saturated carbocycles. The summed E-state index contributed by atoms with van der Waals surface area (Å²) in [7, 11) is 1.84. The van der Waals surface area contributed by atoms with Gasteiger partial charge in [0.2, 0.25) is 5.91 Å². The summed E-state index contributed by atoms with van der Waals surface area (Å²) in [6.07, 6.45) is 1.98. The predicted octanol–water partition coefficient (Wildman–Crippen LogP) is 3.76.